The Balaban J connectivity index is 2.88. The van der Waals surface area contributed by atoms with E-state index >= 15 is 0 Å². The maximum Gasteiger partial charge on any atom is 0.0274 e. The van der Waals surface area contributed by atoms with Gasteiger partial charge in [-0.1, -0.05) is 27.2 Å². The van der Waals surface area contributed by atoms with Crippen LogP contribution >= 0.6 is 33.9 Å². The normalized spacial score (nSPS) is 12.0. The lowest BCUT2D eigenvalue weighted by Gasteiger charge is -2.23. The first-order valence-corrected chi connectivity index (χ1v) is 6.27. The fraction of sp³-hybridized carbons (Fsp3) is 0.600. The highest BCUT2D eigenvalue weighted by Crippen LogP contribution is 2.35. The molecule has 2 heteroatoms. The van der Waals surface area contributed by atoms with Gasteiger partial charge in [-0.15, -0.1) is 11.3 Å². The third kappa shape index (κ3) is 2.22. The van der Waals surface area contributed by atoms with E-state index in [1.807, 2.05) is 11.3 Å². The summed E-state index contributed by atoms with van der Waals surface area (Å²) in [5, 5.41) is 2.19. The van der Waals surface area contributed by atoms with Crippen molar-refractivity contribution in [1.82, 2.24) is 0 Å². The molecule has 1 aromatic heterocycles. The van der Waals surface area contributed by atoms with Gasteiger partial charge in [0.25, 0.3) is 0 Å². The van der Waals surface area contributed by atoms with E-state index in [-0.39, 0.29) is 0 Å². The topological polar surface area (TPSA) is 0 Å². The predicted octanol–water partition coefficient (Wildman–Crippen LogP) is 4.43. The number of rotatable bonds is 3. The molecule has 0 atom stereocenters. The van der Waals surface area contributed by atoms with E-state index in [9.17, 15) is 0 Å². The Kier molecular flexibility index (Phi) is 3.58. The third-order valence-electron chi connectivity index (χ3n) is 2.11. The first kappa shape index (κ1) is 10.5. The van der Waals surface area contributed by atoms with Crippen LogP contribution in [-0.4, -0.2) is 0 Å². The van der Waals surface area contributed by atoms with Gasteiger partial charge in [0.15, 0.2) is 0 Å². The number of hydrogen-bond donors (Lipinski definition) is 0. The molecule has 0 nitrogen and oxygen atoms in total. The van der Waals surface area contributed by atoms with Crippen LogP contribution in [0.5, 0.6) is 0 Å². The van der Waals surface area contributed by atoms with Crippen LogP contribution in [0.15, 0.2) is 11.4 Å². The van der Waals surface area contributed by atoms with Crippen LogP contribution in [0.4, 0.5) is 0 Å². The smallest absolute Gasteiger partial charge is 0.0274 e. The van der Waals surface area contributed by atoms with Crippen molar-refractivity contribution in [2.75, 3.05) is 0 Å². The third-order valence-corrected chi connectivity index (χ3v) is 4.65. The highest BCUT2D eigenvalue weighted by Gasteiger charge is 2.22. The summed E-state index contributed by atoms with van der Waals surface area (Å²) in [6.07, 6.45) is 2.55. The molecular formula is C10H15IS. The van der Waals surface area contributed by atoms with Crippen molar-refractivity contribution in [3.63, 3.8) is 0 Å². The lowest BCUT2D eigenvalue weighted by molar-refractivity contribution is 0.480. The summed E-state index contributed by atoms with van der Waals surface area (Å²) in [6.45, 7) is 6.93. The van der Waals surface area contributed by atoms with Crippen molar-refractivity contribution in [1.29, 1.82) is 0 Å². The van der Waals surface area contributed by atoms with Crippen LogP contribution in [0, 0.1) is 3.57 Å². The van der Waals surface area contributed by atoms with Crippen molar-refractivity contribution < 1.29 is 0 Å². The quantitative estimate of drug-likeness (QED) is 0.723. The predicted molar refractivity (Wildman–Crippen MR) is 65.0 cm³/mol. The molecule has 1 aromatic rings. The average molecular weight is 294 g/mol. The number of thiophene rings is 1. The highest BCUT2D eigenvalue weighted by molar-refractivity contribution is 14.1. The lowest BCUT2D eigenvalue weighted by atomic mass is 9.86. The minimum Gasteiger partial charge on any atom is -0.147 e. The highest BCUT2D eigenvalue weighted by atomic mass is 127. The van der Waals surface area contributed by atoms with E-state index in [4.69, 9.17) is 0 Å². The van der Waals surface area contributed by atoms with Crippen LogP contribution in [0.2, 0.25) is 0 Å². The molecule has 0 aliphatic carbocycles. The molecule has 12 heavy (non-hydrogen) atoms. The van der Waals surface area contributed by atoms with Crippen molar-refractivity contribution >= 4 is 33.9 Å². The lowest BCUT2D eigenvalue weighted by Crippen LogP contribution is -2.15. The second kappa shape index (κ2) is 4.09. The van der Waals surface area contributed by atoms with E-state index in [1.54, 1.807) is 4.88 Å². The van der Waals surface area contributed by atoms with Gasteiger partial charge in [0.05, 0.1) is 0 Å². The summed E-state index contributed by atoms with van der Waals surface area (Å²) in [6, 6.07) is 2.21. The van der Waals surface area contributed by atoms with Gasteiger partial charge in [-0.25, -0.2) is 0 Å². The Bertz CT molecular complexity index is 250. The molecule has 1 heterocycles. The zero-order valence-corrected chi connectivity index (χ0v) is 10.8. The van der Waals surface area contributed by atoms with E-state index < -0.39 is 0 Å². The summed E-state index contributed by atoms with van der Waals surface area (Å²) in [4.78, 5) is 1.55. The molecule has 0 saturated carbocycles. The van der Waals surface area contributed by atoms with Crippen molar-refractivity contribution in [3.05, 3.63) is 19.9 Å². The zero-order chi connectivity index (χ0) is 9.19. The van der Waals surface area contributed by atoms with Gasteiger partial charge in [-0.2, -0.15) is 0 Å². The number of halogens is 1. The molecule has 0 spiro atoms. The van der Waals surface area contributed by atoms with Gasteiger partial charge in [-0.3, -0.25) is 0 Å². The van der Waals surface area contributed by atoms with E-state index in [0.29, 0.717) is 5.41 Å². The maximum absolute atomic E-state index is 2.43. The molecule has 0 aromatic carbocycles. The van der Waals surface area contributed by atoms with E-state index in [2.05, 4.69) is 54.8 Å². The van der Waals surface area contributed by atoms with Crippen LogP contribution < -0.4 is 0 Å². The second-order valence-corrected chi connectivity index (χ2v) is 5.81. The Hall–Kier alpha value is 0.430. The Morgan fingerprint density at radius 1 is 1.50 bits per heavy atom. The van der Waals surface area contributed by atoms with Gasteiger partial charge >= 0.3 is 0 Å². The maximum atomic E-state index is 2.43. The Labute approximate surface area is 92.5 Å². The molecule has 68 valence electrons. The van der Waals surface area contributed by atoms with Crippen LogP contribution in [0.25, 0.3) is 0 Å². The minimum atomic E-state index is 0.374. The SMILES string of the molecule is CCCC(C)(C)c1sccc1I. The number of hydrogen-bond acceptors (Lipinski definition) is 1. The summed E-state index contributed by atoms with van der Waals surface area (Å²) in [5.74, 6) is 0. The second-order valence-electron chi connectivity index (χ2n) is 3.73. The summed E-state index contributed by atoms with van der Waals surface area (Å²) in [5.41, 5.74) is 0.374. The van der Waals surface area contributed by atoms with Crippen LogP contribution in [-0.2, 0) is 5.41 Å². The van der Waals surface area contributed by atoms with Gasteiger partial charge in [0.2, 0.25) is 0 Å². The van der Waals surface area contributed by atoms with Gasteiger partial charge in [0.1, 0.15) is 0 Å². The van der Waals surface area contributed by atoms with Crippen molar-refractivity contribution in [2.45, 2.75) is 39.0 Å². The summed E-state index contributed by atoms with van der Waals surface area (Å²) >= 11 is 4.32. The molecule has 0 amide bonds. The minimum absolute atomic E-state index is 0.374. The molecule has 1 rings (SSSR count). The molecule has 0 aliphatic heterocycles. The van der Waals surface area contributed by atoms with E-state index in [0.717, 1.165) is 0 Å². The Morgan fingerprint density at radius 2 is 2.17 bits per heavy atom. The molecular weight excluding hydrogens is 279 g/mol. The largest absolute Gasteiger partial charge is 0.147 e. The Morgan fingerprint density at radius 3 is 2.58 bits per heavy atom. The molecule has 0 aliphatic rings. The standard InChI is InChI=1S/C10H15IS/c1-4-6-10(2,3)9-8(11)5-7-12-9/h5,7H,4,6H2,1-3H3. The first-order chi connectivity index (χ1) is 5.58. The first-order valence-electron chi connectivity index (χ1n) is 4.31. The van der Waals surface area contributed by atoms with Crippen LogP contribution in [0.3, 0.4) is 0 Å². The van der Waals surface area contributed by atoms with Gasteiger partial charge in [-0.05, 0) is 40.5 Å². The molecule has 0 fully saturated rings. The van der Waals surface area contributed by atoms with Gasteiger partial charge in [0, 0.05) is 13.9 Å². The molecule has 0 radical (unpaired) electrons. The summed E-state index contributed by atoms with van der Waals surface area (Å²) in [7, 11) is 0. The average Bonchev–Trinajstić information content (AvgIpc) is 2.35. The molecule has 0 bridgehead atoms. The molecule has 0 unspecified atom stereocenters. The summed E-state index contributed by atoms with van der Waals surface area (Å²) < 4.78 is 1.43. The van der Waals surface area contributed by atoms with Crippen molar-refractivity contribution in [2.24, 2.45) is 0 Å². The monoisotopic (exact) mass is 294 g/mol. The molecule has 0 N–H and O–H groups in total. The fourth-order valence-electron chi connectivity index (χ4n) is 1.52. The van der Waals surface area contributed by atoms with Crippen LogP contribution in [0.1, 0.15) is 38.5 Å². The zero-order valence-electron chi connectivity index (χ0n) is 7.86. The van der Waals surface area contributed by atoms with E-state index in [1.165, 1.54) is 16.4 Å². The molecule has 0 saturated heterocycles. The van der Waals surface area contributed by atoms with Gasteiger partial charge < -0.3 is 0 Å². The van der Waals surface area contributed by atoms with Crippen molar-refractivity contribution in [3.8, 4) is 0 Å². The fourth-order valence-corrected chi connectivity index (χ4v) is 3.99.